The van der Waals surface area contributed by atoms with E-state index < -0.39 is 18.0 Å². The average Bonchev–Trinajstić information content (AvgIpc) is 3.08. The number of amides is 1. The number of methoxy groups -OCH3 is 1. The molecule has 10 heteroatoms. The van der Waals surface area contributed by atoms with Crippen LogP contribution in [-0.4, -0.2) is 80.2 Å². The molecular weight excluding hydrogens is 405 g/mol. The molecule has 0 aromatic heterocycles. The van der Waals surface area contributed by atoms with Crippen LogP contribution in [-0.2, 0) is 9.47 Å². The number of hydrogen-bond donors (Lipinski definition) is 1. The standard InChI is InChI=1S/C18H24FN3O4S2/c1-24-17(27)20-11-14-12-22(18(23)26-14)13-2-3-16(15(19)10-13)25-7-4-21-5-8-28-9-6-21/h2-3,10,14H,4-9,11-12H2,1H3,(H,20,27)/t14-/m0/s1. The van der Waals surface area contributed by atoms with Crippen LogP contribution in [0.1, 0.15) is 0 Å². The number of anilines is 1. The summed E-state index contributed by atoms with van der Waals surface area (Å²) in [4.78, 5) is 15.8. The number of carbonyl (C=O) groups excluding carboxylic acids is 1. The van der Waals surface area contributed by atoms with Crippen molar-refractivity contribution in [2.45, 2.75) is 6.10 Å². The summed E-state index contributed by atoms with van der Waals surface area (Å²) in [7, 11) is 1.46. The third-order valence-corrected chi connectivity index (χ3v) is 5.78. The van der Waals surface area contributed by atoms with E-state index in [0.717, 1.165) is 31.1 Å². The lowest BCUT2D eigenvalue weighted by Gasteiger charge is -2.25. The van der Waals surface area contributed by atoms with Crippen molar-refractivity contribution in [1.82, 2.24) is 10.2 Å². The second-order valence-corrected chi connectivity index (χ2v) is 8.00. The molecule has 2 heterocycles. The van der Waals surface area contributed by atoms with Gasteiger partial charge >= 0.3 is 6.09 Å². The minimum atomic E-state index is -0.522. The molecule has 0 unspecified atom stereocenters. The van der Waals surface area contributed by atoms with Gasteiger partial charge in [0.05, 0.1) is 25.9 Å². The molecule has 1 atom stereocenters. The Morgan fingerprint density at radius 1 is 1.43 bits per heavy atom. The summed E-state index contributed by atoms with van der Waals surface area (Å²) in [6.45, 7) is 3.91. The molecule has 154 valence electrons. The number of rotatable bonds is 7. The Hall–Kier alpha value is -1.78. The predicted octanol–water partition coefficient (Wildman–Crippen LogP) is 2.10. The van der Waals surface area contributed by atoms with E-state index in [1.165, 1.54) is 18.1 Å². The summed E-state index contributed by atoms with van der Waals surface area (Å²) in [6, 6.07) is 4.51. The van der Waals surface area contributed by atoms with E-state index in [9.17, 15) is 9.18 Å². The van der Waals surface area contributed by atoms with Crippen LogP contribution < -0.4 is 15.0 Å². The maximum Gasteiger partial charge on any atom is 0.414 e. The molecule has 28 heavy (non-hydrogen) atoms. The fourth-order valence-electron chi connectivity index (χ4n) is 2.99. The lowest BCUT2D eigenvalue weighted by molar-refractivity contribution is 0.142. The number of ether oxygens (including phenoxy) is 3. The van der Waals surface area contributed by atoms with Gasteiger partial charge in [0, 0.05) is 37.2 Å². The van der Waals surface area contributed by atoms with Gasteiger partial charge in [-0.25, -0.2) is 9.18 Å². The maximum atomic E-state index is 14.4. The molecule has 1 N–H and O–H groups in total. The largest absolute Gasteiger partial charge is 0.489 e. The van der Waals surface area contributed by atoms with Gasteiger partial charge in [-0.05, 0) is 24.4 Å². The first-order chi connectivity index (χ1) is 13.6. The van der Waals surface area contributed by atoms with Crippen LogP contribution in [0.2, 0.25) is 0 Å². The fraction of sp³-hybridized carbons (Fsp3) is 0.556. The van der Waals surface area contributed by atoms with Crippen molar-refractivity contribution in [3.63, 3.8) is 0 Å². The number of benzene rings is 1. The molecule has 0 bridgehead atoms. The molecule has 1 amide bonds. The van der Waals surface area contributed by atoms with Gasteiger partial charge in [-0.15, -0.1) is 0 Å². The molecule has 1 aromatic rings. The number of nitrogens with zero attached hydrogens (tertiary/aromatic N) is 2. The molecule has 0 radical (unpaired) electrons. The summed E-state index contributed by atoms with van der Waals surface area (Å²) in [5.74, 6) is 1.94. The zero-order valence-electron chi connectivity index (χ0n) is 15.7. The number of hydrogen-bond acceptors (Lipinski definition) is 7. The van der Waals surface area contributed by atoms with E-state index in [0.29, 0.717) is 25.4 Å². The highest BCUT2D eigenvalue weighted by atomic mass is 32.2. The van der Waals surface area contributed by atoms with Crippen LogP contribution in [0.15, 0.2) is 18.2 Å². The minimum Gasteiger partial charge on any atom is -0.489 e. The normalized spacial score (nSPS) is 20.0. The maximum absolute atomic E-state index is 14.4. The number of cyclic esters (lactones) is 1. The molecule has 0 aliphatic carbocycles. The summed E-state index contributed by atoms with van der Waals surface area (Å²) >= 11 is 6.84. The zero-order chi connectivity index (χ0) is 19.9. The molecule has 2 aliphatic heterocycles. The van der Waals surface area contributed by atoms with Gasteiger partial charge in [-0.2, -0.15) is 11.8 Å². The molecule has 3 rings (SSSR count). The van der Waals surface area contributed by atoms with Gasteiger partial charge in [-0.1, -0.05) is 0 Å². The first-order valence-corrected chi connectivity index (χ1v) is 10.7. The van der Waals surface area contributed by atoms with Gasteiger partial charge in [-0.3, -0.25) is 9.80 Å². The molecule has 2 saturated heterocycles. The van der Waals surface area contributed by atoms with Crippen molar-refractivity contribution in [2.75, 3.05) is 62.8 Å². The Morgan fingerprint density at radius 3 is 2.93 bits per heavy atom. The number of halogens is 1. The van der Waals surface area contributed by atoms with Gasteiger partial charge in [0.25, 0.3) is 5.17 Å². The molecule has 0 spiro atoms. The second kappa shape index (κ2) is 10.1. The van der Waals surface area contributed by atoms with E-state index in [1.54, 1.807) is 12.1 Å². The minimum absolute atomic E-state index is 0.186. The van der Waals surface area contributed by atoms with Crippen LogP contribution in [0.4, 0.5) is 14.9 Å². The third-order valence-electron chi connectivity index (χ3n) is 4.53. The quantitative estimate of drug-likeness (QED) is 0.662. The smallest absolute Gasteiger partial charge is 0.414 e. The monoisotopic (exact) mass is 429 g/mol. The lowest BCUT2D eigenvalue weighted by Crippen LogP contribution is -2.35. The van der Waals surface area contributed by atoms with E-state index in [4.69, 9.17) is 26.4 Å². The molecule has 2 fully saturated rings. The van der Waals surface area contributed by atoms with Crippen LogP contribution in [0, 0.1) is 5.82 Å². The van der Waals surface area contributed by atoms with Crippen LogP contribution >= 0.6 is 24.0 Å². The Balaban J connectivity index is 1.51. The first kappa shape index (κ1) is 20.9. The summed E-state index contributed by atoms with van der Waals surface area (Å²) in [5, 5.41) is 3.07. The van der Waals surface area contributed by atoms with Crippen molar-refractivity contribution in [3.05, 3.63) is 24.0 Å². The number of thiocarbonyl (C=S) groups is 1. The van der Waals surface area contributed by atoms with Crippen LogP contribution in [0.3, 0.4) is 0 Å². The predicted molar refractivity (Wildman–Crippen MR) is 111 cm³/mol. The second-order valence-electron chi connectivity index (χ2n) is 6.41. The lowest BCUT2D eigenvalue weighted by atomic mass is 10.2. The Bertz CT molecular complexity index is 703. The van der Waals surface area contributed by atoms with Crippen LogP contribution in [0.25, 0.3) is 0 Å². The Morgan fingerprint density at radius 2 is 2.21 bits per heavy atom. The first-order valence-electron chi connectivity index (χ1n) is 9.09. The van der Waals surface area contributed by atoms with Crippen molar-refractivity contribution in [3.8, 4) is 5.75 Å². The van der Waals surface area contributed by atoms with Gasteiger partial charge in [0.15, 0.2) is 11.6 Å². The summed E-state index contributed by atoms with van der Waals surface area (Å²) in [5.41, 5.74) is 0.430. The summed E-state index contributed by atoms with van der Waals surface area (Å²) in [6.07, 6.45) is -0.923. The zero-order valence-corrected chi connectivity index (χ0v) is 17.3. The van der Waals surface area contributed by atoms with Gasteiger partial charge < -0.3 is 19.5 Å². The van der Waals surface area contributed by atoms with E-state index >= 15 is 0 Å². The van der Waals surface area contributed by atoms with Crippen LogP contribution in [0.5, 0.6) is 5.75 Å². The van der Waals surface area contributed by atoms with E-state index in [1.807, 2.05) is 11.8 Å². The Labute approximate surface area is 173 Å². The third kappa shape index (κ3) is 5.62. The van der Waals surface area contributed by atoms with E-state index in [2.05, 4.69) is 10.2 Å². The van der Waals surface area contributed by atoms with Crippen molar-refractivity contribution < 1.29 is 23.4 Å². The highest BCUT2D eigenvalue weighted by molar-refractivity contribution is 7.99. The van der Waals surface area contributed by atoms with Gasteiger partial charge in [0.1, 0.15) is 12.7 Å². The highest BCUT2D eigenvalue weighted by Gasteiger charge is 2.32. The molecule has 1 aromatic carbocycles. The fourth-order valence-corrected chi connectivity index (χ4v) is 4.05. The van der Waals surface area contributed by atoms with Crippen molar-refractivity contribution in [2.24, 2.45) is 0 Å². The van der Waals surface area contributed by atoms with E-state index in [-0.39, 0.29) is 10.9 Å². The van der Waals surface area contributed by atoms with Gasteiger partial charge in [0.2, 0.25) is 0 Å². The molecule has 7 nitrogen and oxygen atoms in total. The van der Waals surface area contributed by atoms with Crippen molar-refractivity contribution >= 4 is 40.9 Å². The van der Waals surface area contributed by atoms with Crippen molar-refractivity contribution in [1.29, 1.82) is 0 Å². The highest BCUT2D eigenvalue weighted by Crippen LogP contribution is 2.27. The molecule has 2 aliphatic rings. The number of nitrogens with one attached hydrogen (secondary N) is 1. The average molecular weight is 430 g/mol. The molecule has 0 saturated carbocycles. The number of carbonyl (C=O) groups is 1. The number of thioether (sulfide) groups is 1. The Kier molecular flexibility index (Phi) is 7.57. The SMILES string of the molecule is COC(=S)NC[C@H]1CN(c2ccc(OCCN3CCSCC3)c(F)c2)C(=O)O1. The summed E-state index contributed by atoms with van der Waals surface area (Å²) < 4.78 is 30.1. The molecular formula is C18H24FN3O4S2. The topological polar surface area (TPSA) is 63.3 Å².